The number of aliphatic hydroxyl groups is 1. The number of rotatable bonds is 7. The van der Waals surface area contributed by atoms with Crippen LogP contribution in [-0.2, 0) is 6.42 Å². The Hall–Kier alpha value is -2.32. The first-order valence-electron chi connectivity index (χ1n) is 6.97. The summed E-state index contributed by atoms with van der Waals surface area (Å²) in [6, 6.07) is 6.06. The lowest BCUT2D eigenvalue weighted by Crippen LogP contribution is -2.37. The van der Waals surface area contributed by atoms with Gasteiger partial charge in [-0.15, -0.1) is 16.8 Å². The van der Waals surface area contributed by atoms with Crippen LogP contribution in [0.25, 0.3) is 0 Å². The summed E-state index contributed by atoms with van der Waals surface area (Å²) in [5, 5.41) is 20.3. The molecule has 0 aliphatic carbocycles. The van der Waals surface area contributed by atoms with E-state index < -0.39 is 6.03 Å². The molecule has 0 unspecified atom stereocenters. The first kappa shape index (κ1) is 17.0. The van der Waals surface area contributed by atoms with E-state index in [-0.39, 0.29) is 19.0 Å². The Morgan fingerprint density at radius 2 is 2.22 bits per heavy atom. The van der Waals surface area contributed by atoms with Gasteiger partial charge in [0.2, 0.25) is 5.13 Å². The van der Waals surface area contributed by atoms with Gasteiger partial charge < -0.3 is 10.0 Å². The number of nitrogens with zero attached hydrogens (tertiary/aromatic N) is 3. The van der Waals surface area contributed by atoms with E-state index in [1.54, 1.807) is 24.3 Å². The van der Waals surface area contributed by atoms with Gasteiger partial charge in [-0.3, -0.25) is 5.32 Å². The minimum Gasteiger partial charge on any atom is -0.395 e. The lowest BCUT2D eigenvalue weighted by molar-refractivity contribution is 0.195. The fourth-order valence-corrected chi connectivity index (χ4v) is 2.66. The normalized spacial score (nSPS) is 10.3. The number of hydrogen-bond donors (Lipinski definition) is 2. The number of urea groups is 1. The zero-order valence-corrected chi connectivity index (χ0v) is 13.2. The second-order valence-corrected chi connectivity index (χ2v) is 5.72. The predicted octanol–water partition coefficient (Wildman–Crippen LogP) is 2.28. The van der Waals surface area contributed by atoms with Crippen LogP contribution >= 0.6 is 11.3 Å². The summed E-state index contributed by atoms with van der Waals surface area (Å²) >= 11 is 1.18. The number of hydrogen-bond acceptors (Lipinski definition) is 5. The molecule has 0 saturated heterocycles. The number of benzene rings is 1. The van der Waals surface area contributed by atoms with Crippen LogP contribution in [0.4, 0.5) is 14.3 Å². The zero-order chi connectivity index (χ0) is 16.7. The third-order valence-electron chi connectivity index (χ3n) is 2.99. The van der Waals surface area contributed by atoms with Gasteiger partial charge in [-0.25, -0.2) is 9.18 Å². The molecule has 8 heteroatoms. The van der Waals surface area contributed by atoms with E-state index in [0.717, 1.165) is 0 Å². The van der Waals surface area contributed by atoms with E-state index in [1.807, 2.05) is 0 Å². The van der Waals surface area contributed by atoms with E-state index in [9.17, 15) is 9.18 Å². The molecule has 122 valence electrons. The van der Waals surface area contributed by atoms with Crippen molar-refractivity contribution in [1.82, 2.24) is 15.1 Å². The molecule has 6 nitrogen and oxygen atoms in total. The molecule has 0 atom stereocenters. The molecule has 0 aliphatic heterocycles. The number of aliphatic hydroxyl groups excluding tert-OH is 1. The Balaban J connectivity index is 2.00. The van der Waals surface area contributed by atoms with E-state index in [1.165, 1.54) is 22.3 Å². The fraction of sp³-hybridized carbons (Fsp3) is 0.267. The van der Waals surface area contributed by atoms with Crippen LogP contribution in [0.1, 0.15) is 10.6 Å². The van der Waals surface area contributed by atoms with Crippen molar-refractivity contribution in [1.29, 1.82) is 0 Å². The van der Waals surface area contributed by atoms with E-state index in [0.29, 0.717) is 28.7 Å². The number of anilines is 1. The van der Waals surface area contributed by atoms with Crippen LogP contribution < -0.4 is 5.32 Å². The second kappa shape index (κ2) is 8.35. The molecule has 2 amide bonds. The largest absolute Gasteiger partial charge is 0.395 e. The molecule has 1 heterocycles. The van der Waals surface area contributed by atoms with Gasteiger partial charge in [-0.05, 0) is 11.6 Å². The van der Waals surface area contributed by atoms with Crippen molar-refractivity contribution in [3.63, 3.8) is 0 Å². The first-order valence-corrected chi connectivity index (χ1v) is 7.79. The highest BCUT2D eigenvalue weighted by molar-refractivity contribution is 7.15. The summed E-state index contributed by atoms with van der Waals surface area (Å²) in [6.45, 7) is 3.93. The standard InChI is InChI=1S/C15H17FN4O2S/c1-2-7-20(8-9-21)15(22)17-14-19-18-13(23-14)10-11-5-3-4-6-12(11)16/h2-6,21H,1,7-10H2,(H,17,19,22). The summed E-state index contributed by atoms with van der Waals surface area (Å²) in [5.41, 5.74) is 0.523. The smallest absolute Gasteiger partial charge is 0.324 e. The third kappa shape index (κ3) is 4.83. The van der Waals surface area contributed by atoms with Crippen LogP contribution in [0, 0.1) is 5.82 Å². The van der Waals surface area contributed by atoms with Crippen molar-refractivity contribution < 1.29 is 14.3 Å². The van der Waals surface area contributed by atoms with E-state index >= 15 is 0 Å². The minimum atomic E-state index is -0.396. The lowest BCUT2D eigenvalue weighted by atomic mass is 10.1. The Kier molecular flexibility index (Phi) is 6.19. The average molecular weight is 336 g/mol. The van der Waals surface area contributed by atoms with Crippen LogP contribution in [-0.4, -0.2) is 45.9 Å². The first-order chi connectivity index (χ1) is 11.1. The molecule has 1 aromatic heterocycles. The Morgan fingerprint density at radius 1 is 1.43 bits per heavy atom. The summed E-state index contributed by atoms with van der Waals surface area (Å²) < 4.78 is 13.6. The molecule has 0 bridgehead atoms. The van der Waals surface area contributed by atoms with Crippen molar-refractivity contribution in [2.24, 2.45) is 0 Å². The lowest BCUT2D eigenvalue weighted by Gasteiger charge is -2.19. The van der Waals surface area contributed by atoms with E-state index in [2.05, 4.69) is 22.1 Å². The van der Waals surface area contributed by atoms with Crippen molar-refractivity contribution in [3.8, 4) is 0 Å². The molecule has 0 aliphatic rings. The van der Waals surface area contributed by atoms with Crippen molar-refractivity contribution >= 4 is 22.5 Å². The van der Waals surface area contributed by atoms with Gasteiger partial charge in [0, 0.05) is 19.5 Å². The minimum absolute atomic E-state index is 0.143. The highest BCUT2D eigenvalue weighted by atomic mass is 32.1. The average Bonchev–Trinajstić information content (AvgIpc) is 2.96. The summed E-state index contributed by atoms with van der Waals surface area (Å²) in [6.07, 6.45) is 1.88. The van der Waals surface area contributed by atoms with Crippen LogP contribution in [0.5, 0.6) is 0 Å². The number of aromatic nitrogens is 2. The molecular formula is C15H17FN4O2S. The summed E-state index contributed by atoms with van der Waals surface area (Å²) in [7, 11) is 0. The molecule has 2 rings (SSSR count). The quantitative estimate of drug-likeness (QED) is 0.761. The topological polar surface area (TPSA) is 78.4 Å². The van der Waals surface area contributed by atoms with Gasteiger partial charge in [-0.2, -0.15) is 0 Å². The van der Waals surface area contributed by atoms with Gasteiger partial charge in [-0.1, -0.05) is 35.6 Å². The predicted molar refractivity (Wildman–Crippen MR) is 87.0 cm³/mol. The molecule has 0 saturated carbocycles. The van der Waals surface area contributed by atoms with Crippen LogP contribution in [0.2, 0.25) is 0 Å². The van der Waals surface area contributed by atoms with Gasteiger partial charge in [0.05, 0.1) is 6.61 Å². The molecule has 0 spiro atoms. The summed E-state index contributed by atoms with van der Waals surface area (Å²) in [4.78, 5) is 13.4. The molecule has 0 fully saturated rings. The van der Waals surface area contributed by atoms with Crippen LogP contribution in [0.15, 0.2) is 36.9 Å². The van der Waals surface area contributed by atoms with Gasteiger partial charge in [0.25, 0.3) is 0 Å². The maximum Gasteiger partial charge on any atom is 0.324 e. The van der Waals surface area contributed by atoms with Crippen LogP contribution in [0.3, 0.4) is 0 Å². The monoisotopic (exact) mass is 336 g/mol. The van der Waals surface area contributed by atoms with Crippen molar-refractivity contribution in [3.05, 3.63) is 53.3 Å². The molecule has 2 N–H and O–H groups in total. The second-order valence-electron chi connectivity index (χ2n) is 4.66. The molecule has 23 heavy (non-hydrogen) atoms. The number of nitrogens with one attached hydrogen (secondary N) is 1. The molecule has 2 aromatic rings. The fourth-order valence-electron chi connectivity index (χ4n) is 1.90. The SMILES string of the molecule is C=CCN(CCO)C(=O)Nc1nnc(Cc2ccccc2F)s1. The zero-order valence-electron chi connectivity index (χ0n) is 12.4. The number of halogens is 1. The van der Waals surface area contributed by atoms with Gasteiger partial charge in [0.15, 0.2) is 0 Å². The Labute approximate surface area is 137 Å². The summed E-state index contributed by atoms with van der Waals surface area (Å²) in [5.74, 6) is -0.298. The maximum atomic E-state index is 13.6. The highest BCUT2D eigenvalue weighted by Crippen LogP contribution is 2.20. The Bertz CT molecular complexity index is 677. The number of carbonyl (C=O) groups excluding carboxylic acids is 1. The number of carbonyl (C=O) groups is 1. The third-order valence-corrected chi connectivity index (χ3v) is 3.83. The van der Waals surface area contributed by atoms with Crippen molar-refractivity contribution in [2.45, 2.75) is 6.42 Å². The van der Waals surface area contributed by atoms with Gasteiger partial charge >= 0.3 is 6.03 Å². The van der Waals surface area contributed by atoms with Crippen molar-refractivity contribution in [2.75, 3.05) is 25.0 Å². The van der Waals surface area contributed by atoms with E-state index in [4.69, 9.17) is 5.11 Å². The molecular weight excluding hydrogens is 319 g/mol. The molecule has 0 radical (unpaired) electrons. The maximum absolute atomic E-state index is 13.6. The van der Waals surface area contributed by atoms with Gasteiger partial charge in [0.1, 0.15) is 10.8 Å². The Morgan fingerprint density at radius 3 is 2.91 bits per heavy atom. The highest BCUT2D eigenvalue weighted by Gasteiger charge is 2.14. The molecule has 1 aromatic carbocycles. The number of amides is 2.